The van der Waals surface area contributed by atoms with Crippen LogP contribution in [0.25, 0.3) is 22.1 Å². The van der Waals surface area contributed by atoms with Crippen LogP contribution in [0.5, 0.6) is 5.75 Å². The number of ether oxygens (including phenoxy) is 1. The van der Waals surface area contributed by atoms with Crippen LogP contribution in [0.2, 0.25) is 0 Å². The molecule has 4 aromatic rings. The SMILES string of the molecule is O=c1oc2c3c(ccc2cc1-c1cc(F)cc(F)c1)OCN(Cc1cccnc1)C3. The van der Waals surface area contributed by atoms with E-state index in [-0.39, 0.29) is 11.1 Å². The lowest BCUT2D eigenvalue weighted by Gasteiger charge is -2.29. The Bertz CT molecular complexity index is 1290. The summed E-state index contributed by atoms with van der Waals surface area (Å²) in [6, 6.07) is 12.0. The van der Waals surface area contributed by atoms with E-state index in [1.54, 1.807) is 24.5 Å². The summed E-state index contributed by atoms with van der Waals surface area (Å²) in [5, 5.41) is 0.653. The number of halogens is 2. The highest BCUT2D eigenvalue weighted by molar-refractivity contribution is 5.86. The van der Waals surface area contributed by atoms with Crippen molar-refractivity contribution in [2.75, 3.05) is 6.73 Å². The molecular formula is C23H16F2N2O3. The highest BCUT2D eigenvalue weighted by Gasteiger charge is 2.22. The van der Waals surface area contributed by atoms with Crippen molar-refractivity contribution < 1.29 is 17.9 Å². The van der Waals surface area contributed by atoms with E-state index in [1.807, 2.05) is 18.2 Å². The summed E-state index contributed by atoms with van der Waals surface area (Å²) in [4.78, 5) is 18.8. The van der Waals surface area contributed by atoms with Crippen LogP contribution in [-0.2, 0) is 13.1 Å². The van der Waals surface area contributed by atoms with Gasteiger partial charge in [-0.1, -0.05) is 6.07 Å². The van der Waals surface area contributed by atoms with Crippen LogP contribution in [0.3, 0.4) is 0 Å². The molecular weight excluding hydrogens is 390 g/mol. The van der Waals surface area contributed by atoms with E-state index < -0.39 is 17.3 Å². The van der Waals surface area contributed by atoms with Gasteiger partial charge in [-0.15, -0.1) is 0 Å². The van der Waals surface area contributed by atoms with E-state index in [0.717, 1.165) is 29.3 Å². The van der Waals surface area contributed by atoms with Crippen molar-refractivity contribution in [3.8, 4) is 16.9 Å². The standard InChI is InChI=1S/C23H16F2N2O3/c24-17-6-16(7-18(25)9-17)19-8-15-3-4-21-20(22(15)30-23(19)28)12-27(13-29-21)11-14-2-1-5-26-10-14/h1-10H,11-13H2. The zero-order chi connectivity index (χ0) is 20.7. The monoisotopic (exact) mass is 406 g/mol. The first-order chi connectivity index (χ1) is 14.6. The minimum absolute atomic E-state index is 0.102. The van der Waals surface area contributed by atoms with Crippen molar-refractivity contribution in [1.82, 2.24) is 9.88 Å². The third kappa shape index (κ3) is 3.44. The quantitative estimate of drug-likeness (QED) is 0.470. The summed E-state index contributed by atoms with van der Waals surface area (Å²) in [5.41, 5.74) is 1.79. The van der Waals surface area contributed by atoms with Gasteiger partial charge in [0.1, 0.15) is 29.7 Å². The van der Waals surface area contributed by atoms with Crippen molar-refractivity contribution in [2.45, 2.75) is 13.1 Å². The first-order valence-electron chi connectivity index (χ1n) is 9.37. The number of aromatic nitrogens is 1. The fourth-order valence-electron chi connectivity index (χ4n) is 3.70. The Morgan fingerprint density at radius 1 is 1.07 bits per heavy atom. The Kier molecular flexibility index (Phi) is 4.52. The number of benzene rings is 2. The first-order valence-corrected chi connectivity index (χ1v) is 9.37. The molecule has 0 N–H and O–H groups in total. The summed E-state index contributed by atoms with van der Waals surface area (Å²) in [7, 11) is 0. The summed E-state index contributed by atoms with van der Waals surface area (Å²) in [6.07, 6.45) is 3.51. The summed E-state index contributed by atoms with van der Waals surface area (Å²) < 4.78 is 38.7. The molecule has 2 aromatic carbocycles. The summed E-state index contributed by atoms with van der Waals surface area (Å²) in [6.45, 7) is 1.56. The van der Waals surface area contributed by atoms with Crippen molar-refractivity contribution >= 4 is 11.0 Å². The Morgan fingerprint density at radius 3 is 2.67 bits per heavy atom. The molecule has 5 rings (SSSR count). The van der Waals surface area contributed by atoms with Gasteiger partial charge in [0, 0.05) is 36.9 Å². The minimum atomic E-state index is -0.755. The topological polar surface area (TPSA) is 55.6 Å². The van der Waals surface area contributed by atoms with Gasteiger partial charge in [0.05, 0.1) is 11.1 Å². The number of rotatable bonds is 3. The number of hydrogen-bond acceptors (Lipinski definition) is 5. The van der Waals surface area contributed by atoms with E-state index in [0.29, 0.717) is 36.5 Å². The zero-order valence-electron chi connectivity index (χ0n) is 15.8. The lowest BCUT2D eigenvalue weighted by molar-refractivity contribution is 0.0889. The molecule has 5 nitrogen and oxygen atoms in total. The fraction of sp³-hybridized carbons (Fsp3) is 0.130. The van der Waals surface area contributed by atoms with E-state index in [9.17, 15) is 13.6 Å². The molecule has 0 saturated heterocycles. The van der Waals surface area contributed by atoms with Crippen LogP contribution < -0.4 is 10.4 Å². The van der Waals surface area contributed by atoms with Gasteiger partial charge < -0.3 is 9.15 Å². The Labute approximate surface area is 170 Å². The molecule has 7 heteroatoms. The predicted octanol–water partition coefficient (Wildman–Crippen LogP) is 4.49. The van der Waals surface area contributed by atoms with Crippen LogP contribution in [0.1, 0.15) is 11.1 Å². The van der Waals surface area contributed by atoms with Crippen LogP contribution in [0.4, 0.5) is 8.78 Å². The fourth-order valence-corrected chi connectivity index (χ4v) is 3.70. The Morgan fingerprint density at radius 2 is 1.90 bits per heavy atom. The molecule has 150 valence electrons. The van der Waals surface area contributed by atoms with Gasteiger partial charge in [-0.2, -0.15) is 0 Å². The maximum atomic E-state index is 13.6. The summed E-state index contributed by atoms with van der Waals surface area (Å²) >= 11 is 0. The van der Waals surface area contributed by atoms with Gasteiger partial charge in [-0.05, 0) is 47.5 Å². The predicted molar refractivity (Wildman–Crippen MR) is 107 cm³/mol. The third-order valence-corrected chi connectivity index (χ3v) is 5.05. The molecule has 0 aliphatic carbocycles. The molecule has 3 heterocycles. The van der Waals surface area contributed by atoms with Crippen molar-refractivity contribution in [3.05, 3.63) is 94.1 Å². The average Bonchev–Trinajstić information content (AvgIpc) is 2.73. The van der Waals surface area contributed by atoms with Crippen molar-refractivity contribution in [3.63, 3.8) is 0 Å². The number of fused-ring (bicyclic) bond motifs is 3. The molecule has 0 atom stereocenters. The molecule has 0 bridgehead atoms. The second-order valence-electron chi connectivity index (χ2n) is 7.19. The highest BCUT2D eigenvalue weighted by Crippen LogP contribution is 2.33. The average molecular weight is 406 g/mol. The van der Waals surface area contributed by atoms with Gasteiger partial charge in [0.25, 0.3) is 0 Å². The molecule has 0 unspecified atom stereocenters. The van der Waals surface area contributed by atoms with Crippen LogP contribution in [0.15, 0.2) is 70.1 Å². The second-order valence-corrected chi connectivity index (χ2v) is 7.19. The van der Waals surface area contributed by atoms with E-state index in [2.05, 4.69) is 9.88 Å². The molecule has 30 heavy (non-hydrogen) atoms. The molecule has 0 fully saturated rings. The van der Waals surface area contributed by atoms with Gasteiger partial charge in [-0.25, -0.2) is 13.6 Å². The Hall–Kier alpha value is -3.58. The van der Waals surface area contributed by atoms with E-state index in [1.165, 1.54) is 0 Å². The summed E-state index contributed by atoms with van der Waals surface area (Å²) in [5.74, 6) is -0.860. The maximum Gasteiger partial charge on any atom is 0.344 e. The largest absolute Gasteiger partial charge is 0.478 e. The smallest absolute Gasteiger partial charge is 0.344 e. The molecule has 1 aliphatic heterocycles. The van der Waals surface area contributed by atoms with Crippen LogP contribution in [-0.4, -0.2) is 16.6 Å². The Balaban J connectivity index is 1.55. The van der Waals surface area contributed by atoms with Crippen molar-refractivity contribution in [2.24, 2.45) is 0 Å². The minimum Gasteiger partial charge on any atom is -0.478 e. The van der Waals surface area contributed by atoms with Gasteiger partial charge in [-0.3, -0.25) is 9.88 Å². The normalized spacial score (nSPS) is 13.8. The molecule has 0 radical (unpaired) electrons. The third-order valence-electron chi connectivity index (χ3n) is 5.05. The highest BCUT2D eigenvalue weighted by atomic mass is 19.1. The molecule has 0 amide bonds. The van der Waals surface area contributed by atoms with Gasteiger partial charge >= 0.3 is 5.63 Å². The van der Waals surface area contributed by atoms with E-state index in [4.69, 9.17) is 9.15 Å². The molecule has 0 spiro atoms. The first kappa shape index (κ1) is 18.4. The van der Waals surface area contributed by atoms with Gasteiger partial charge in [0.2, 0.25) is 0 Å². The van der Waals surface area contributed by atoms with Crippen molar-refractivity contribution in [1.29, 1.82) is 0 Å². The zero-order valence-corrected chi connectivity index (χ0v) is 15.8. The second kappa shape index (κ2) is 7.35. The lowest BCUT2D eigenvalue weighted by atomic mass is 10.0. The molecule has 0 saturated carbocycles. The maximum absolute atomic E-state index is 13.6. The number of hydrogen-bond donors (Lipinski definition) is 0. The number of pyridine rings is 1. The molecule has 1 aliphatic rings. The lowest BCUT2D eigenvalue weighted by Crippen LogP contribution is -2.31. The van der Waals surface area contributed by atoms with Crippen LogP contribution in [0, 0.1) is 11.6 Å². The van der Waals surface area contributed by atoms with E-state index >= 15 is 0 Å². The number of nitrogens with zero attached hydrogens (tertiary/aromatic N) is 2. The molecule has 2 aromatic heterocycles. The van der Waals surface area contributed by atoms with Gasteiger partial charge in [0.15, 0.2) is 0 Å². The van der Waals surface area contributed by atoms with Crippen LogP contribution >= 0.6 is 0 Å².